The lowest BCUT2D eigenvalue weighted by Crippen LogP contribution is -2.07. The lowest BCUT2D eigenvalue weighted by molar-refractivity contribution is 0.884. The number of anilines is 1. The SMILES string of the molecule is CC(Nc1ccc(I)cc1Cl)c1cccc(C#N)c1. The van der Waals surface area contributed by atoms with E-state index in [9.17, 15) is 0 Å². The van der Waals surface area contributed by atoms with Crippen LogP contribution in [0, 0.1) is 14.9 Å². The second kappa shape index (κ2) is 6.27. The van der Waals surface area contributed by atoms with Crippen LogP contribution in [0.5, 0.6) is 0 Å². The van der Waals surface area contributed by atoms with Gasteiger partial charge in [-0.15, -0.1) is 0 Å². The Labute approximate surface area is 131 Å². The van der Waals surface area contributed by atoms with Crippen molar-refractivity contribution in [2.24, 2.45) is 0 Å². The fourth-order valence-electron chi connectivity index (χ4n) is 1.80. The van der Waals surface area contributed by atoms with Crippen LogP contribution in [0.3, 0.4) is 0 Å². The summed E-state index contributed by atoms with van der Waals surface area (Å²) in [5, 5.41) is 13.0. The van der Waals surface area contributed by atoms with Gasteiger partial charge in [-0.05, 0) is 65.4 Å². The van der Waals surface area contributed by atoms with Gasteiger partial charge >= 0.3 is 0 Å². The van der Waals surface area contributed by atoms with E-state index in [0.717, 1.165) is 14.8 Å². The molecule has 0 fully saturated rings. The molecule has 19 heavy (non-hydrogen) atoms. The lowest BCUT2D eigenvalue weighted by Gasteiger charge is -2.17. The van der Waals surface area contributed by atoms with Crippen LogP contribution in [0.2, 0.25) is 5.02 Å². The topological polar surface area (TPSA) is 35.8 Å². The van der Waals surface area contributed by atoms with Crippen LogP contribution in [0.1, 0.15) is 24.1 Å². The van der Waals surface area contributed by atoms with E-state index < -0.39 is 0 Å². The molecular formula is C15H12ClIN2. The van der Waals surface area contributed by atoms with Crippen molar-refractivity contribution in [2.75, 3.05) is 5.32 Å². The van der Waals surface area contributed by atoms with Gasteiger partial charge in [0.15, 0.2) is 0 Å². The summed E-state index contributed by atoms with van der Waals surface area (Å²) in [5.74, 6) is 0. The Morgan fingerprint density at radius 3 is 2.74 bits per heavy atom. The van der Waals surface area contributed by atoms with E-state index in [1.54, 1.807) is 6.07 Å². The van der Waals surface area contributed by atoms with Crippen molar-refractivity contribution in [1.29, 1.82) is 5.26 Å². The van der Waals surface area contributed by atoms with Gasteiger partial charge in [0, 0.05) is 9.61 Å². The van der Waals surface area contributed by atoms with Gasteiger partial charge in [-0.3, -0.25) is 0 Å². The summed E-state index contributed by atoms with van der Waals surface area (Å²) in [5.41, 5.74) is 2.63. The molecule has 0 bridgehead atoms. The van der Waals surface area contributed by atoms with Gasteiger partial charge in [0.1, 0.15) is 0 Å². The number of halogens is 2. The molecule has 0 spiro atoms. The summed E-state index contributed by atoms with van der Waals surface area (Å²) in [6.45, 7) is 2.05. The number of benzene rings is 2. The smallest absolute Gasteiger partial charge is 0.0991 e. The van der Waals surface area contributed by atoms with Crippen LogP contribution < -0.4 is 5.32 Å². The van der Waals surface area contributed by atoms with Crippen molar-refractivity contribution in [3.8, 4) is 6.07 Å². The van der Waals surface area contributed by atoms with Crippen molar-refractivity contribution in [3.63, 3.8) is 0 Å². The first kappa shape index (κ1) is 14.2. The second-order valence-corrected chi connectivity index (χ2v) is 5.88. The Hall–Kier alpha value is -1.25. The molecule has 2 rings (SSSR count). The summed E-state index contributed by atoms with van der Waals surface area (Å²) in [6.07, 6.45) is 0. The highest BCUT2D eigenvalue weighted by Gasteiger charge is 2.08. The number of rotatable bonds is 3. The molecule has 0 aliphatic rings. The fourth-order valence-corrected chi connectivity index (χ4v) is 2.71. The molecule has 1 N–H and O–H groups in total. The summed E-state index contributed by atoms with van der Waals surface area (Å²) >= 11 is 8.43. The van der Waals surface area contributed by atoms with Crippen molar-refractivity contribution < 1.29 is 0 Å². The van der Waals surface area contributed by atoms with E-state index in [-0.39, 0.29) is 6.04 Å². The number of nitriles is 1. The average molecular weight is 383 g/mol. The van der Waals surface area contributed by atoms with Crippen LogP contribution >= 0.6 is 34.2 Å². The van der Waals surface area contributed by atoms with Crippen LogP contribution in [0.4, 0.5) is 5.69 Å². The van der Waals surface area contributed by atoms with Crippen molar-refractivity contribution in [2.45, 2.75) is 13.0 Å². The summed E-state index contributed by atoms with van der Waals surface area (Å²) in [6, 6.07) is 15.7. The molecule has 2 aromatic carbocycles. The molecule has 0 aliphatic heterocycles. The number of hydrogen-bond donors (Lipinski definition) is 1. The molecule has 2 nitrogen and oxygen atoms in total. The van der Waals surface area contributed by atoms with E-state index in [1.807, 2.05) is 43.3 Å². The Balaban J connectivity index is 2.20. The molecular weight excluding hydrogens is 371 g/mol. The average Bonchev–Trinajstić information content (AvgIpc) is 2.42. The van der Waals surface area contributed by atoms with E-state index in [2.05, 4.69) is 34.0 Å². The zero-order valence-corrected chi connectivity index (χ0v) is 13.2. The van der Waals surface area contributed by atoms with Crippen molar-refractivity contribution in [1.82, 2.24) is 0 Å². The van der Waals surface area contributed by atoms with E-state index in [4.69, 9.17) is 16.9 Å². The molecule has 2 aromatic rings. The normalized spacial score (nSPS) is 11.7. The van der Waals surface area contributed by atoms with Gasteiger partial charge in [0.05, 0.1) is 22.3 Å². The van der Waals surface area contributed by atoms with Gasteiger partial charge < -0.3 is 5.32 Å². The molecule has 0 saturated heterocycles. The third-order valence-electron chi connectivity index (χ3n) is 2.82. The number of nitrogens with zero attached hydrogens (tertiary/aromatic N) is 1. The summed E-state index contributed by atoms with van der Waals surface area (Å²) in [4.78, 5) is 0. The molecule has 0 aliphatic carbocycles. The predicted molar refractivity (Wildman–Crippen MR) is 87.4 cm³/mol. The highest BCUT2D eigenvalue weighted by Crippen LogP contribution is 2.27. The predicted octanol–water partition coefficient (Wildman–Crippen LogP) is 4.99. The molecule has 1 unspecified atom stereocenters. The van der Waals surface area contributed by atoms with Crippen LogP contribution in [-0.4, -0.2) is 0 Å². The van der Waals surface area contributed by atoms with Crippen molar-refractivity contribution >= 4 is 39.9 Å². The minimum atomic E-state index is 0.0888. The van der Waals surface area contributed by atoms with Crippen LogP contribution in [0.25, 0.3) is 0 Å². The molecule has 0 saturated carbocycles. The highest BCUT2D eigenvalue weighted by molar-refractivity contribution is 14.1. The molecule has 0 aromatic heterocycles. The first-order valence-electron chi connectivity index (χ1n) is 5.82. The third-order valence-corrected chi connectivity index (χ3v) is 3.80. The lowest BCUT2D eigenvalue weighted by atomic mass is 10.1. The standard InChI is InChI=1S/C15H12ClIN2/c1-10(12-4-2-3-11(7-12)9-18)19-15-6-5-13(17)8-14(15)16/h2-8,10,19H,1H3. The van der Waals surface area contributed by atoms with Gasteiger partial charge in [-0.25, -0.2) is 0 Å². The summed E-state index contributed by atoms with van der Waals surface area (Å²) in [7, 11) is 0. The van der Waals surface area contributed by atoms with E-state index in [1.165, 1.54) is 0 Å². The maximum absolute atomic E-state index is 8.92. The Morgan fingerprint density at radius 2 is 2.05 bits per heavy atom. The maximum atomic E-state index is 8.92. The van der Waals surface area contributed by atoms with Gasteiger partial charge in [0.25, 0.3) is 0 Å². The molecule has 0 radical (unpaired) electrons. The molecule has 1 atom stereocenters. The van der Waals surface area contributed by atoms with Gasteiger partial charge in [-0.1, -0.05) is 23.7 Å². The second-order valence-electron chi connectivity index (χ2n) is 4.23. The van der Waals surface area contributed by atoms with Crippen LogP contribution in [-0.2, 0) is 0 Å². The zero-order chi connectivity index (χ0) is 13.8. The van der Waals surface area contributed by atoms with E-state index >= 15 is 0 Å². The largest absolute Gasteiger partial charge is 0.377 e. The Morgan fingerprint density at radius 1 is 1.26 bits per heavy atom. The third kappa shape index (κ3) is 3.62. The minimum absolute atomic E-state index is 0.0888. The Kier molecular flexibility index (Phi) is 4.67. The van der Waals surface area contributed by atoms with Crippen molar-refractivity contribution in [3.05, 3.63) is 62.2 Å². The monoisotopic (exact) mass is 382 g/mol. The number of hydrogen-bond acceptors (Lipinski definition) is 2. The quantitative estimate of drug-likeness (QED) is 0.759. The minimum Gasteiger partial charge on any atom is -0.377 e. The Bertz CT molecular complexity index is 634. The van der Waals surface area contributed by atoms with E-state index in [0.29, 0.717) is 10.6 Å². The van der Waals surface area contributed by atoms with Gasteiger partial charge in [0.2, 0.25) is 0 Å². The first-order valence-corrected chi connectivity index (χ1v) is 7.27. The maximum Gasteiger partial charge on any atom is 0.0991 e. The zero-order valence-electron chi connectivity index (χ0n) is 10.3. The molecule has 0 heterocycles. The molecule has 0 amide bonds. The molecule has 4 heteroatoms. The first-order chi connectivity index (χ1) is 9.10. The highest BCUT2D eigenvalue weighted by atomic mass is 127. The fraction of sp³-hybridized carbons (Fsp3) is 0.133. The summed E-state index contributed by atoms with van der Waals surface area (Å²) < 4.78 is 1.10. The number of nitrogens with one attached hydrogen (secondary N) is 1. The van der Waals surface area contributed by atoms with Crippen LogP contribution in [0.15, 0.2) is 42.5 Å². The van der Waals surface area contributed by atoms with Gasteiger partial charge in [-0.2, -0.15) is 5.26 Å². The molecule has 96 valence electrons.